The largest absolute Gasteiger partial charge is 0.487 e. The molecule has 2 aromatic rings. The number of nitrogen functional groups attached to an aromatic ring is 1. The van der Waals surface area contributed by atoms with Crippen molar-refractivity contribution in [2.75, 3.05) is 5.73 Å². The average molecular weight is 259 g/mol. The van der Waals surface area contributed by atoms with Crippen molar-refractivity contribution in [3.8, 4) is 5.75 Å². The molecule has 0 amide bonds. The Kier molecular flexibility index (Phi) is 3.80. The molecule has 0 saturated heterocycles. The molecular formula is C15H14FNO2. The van der Waals surface area contributed by atoms with Crippen LogP contribution in [0.15, 0.2) is 42.5 Å². The second-order valence-corrected chi connectivity index (χ2v) is 4.23. The summed E-state index contributed by atoms with van der Waals surface area (Å²) in [4.78, 5) is 11.2. The highest BCUT2D eigenvalue weighted by atomic mass is 19.1. The number of hydrogen-bond acceptors (Lipinski definition) is 3. The van der Waals surface area contributed by atoms with Crippen LogP contribution in [0.4, 0.5) is 10.1 Å². The molecule has 2 N–H and O–H groups in total. The molecule has 4 heteroatoms. The van der Waals surface area contributed by atoms with Crippen LogP contribution in [0.3, 0.4) is 0 Å². The lowest BCUT2D eigenvalue weighted by Gasteiger charge is -2.09. The van der Waals surface area contributed by atoms with Crippen LogP contribution < -0.4 is 10.5 Å². The average Bonchev–Trinajstić information content (AvgIpc) is 2.37. The Labute approximate surface area is 110 Å². The fourth-order valence-corrected chi connectivity index (χ4v) is 1.69. The monoisotopic (exact) mass is 259 g/mol. The van der Waals surface area contributed by atoms with Crippen molar-refractivity contribution in [1.82, 2.24) is 0 Å². The summed E-state index contributed by atoms with van der Waals surface area (Å²) in [6, 6.07) is 11.0. The quantitative estimate of drug-likeness (QED) is 0.677. The second-order valence-electron chi connectivity index (χ2n) is 4.23. The Morgan fingerprint density at radius 3 is 2.68 bits per heavy atom. The Morgan fingerprint density at radius 1 is 1.26 bits per heavy atom. The van der Waals surface area contributed by atoms with Gasteiger partial charge in [0.25, 0.3) is 0 Å². The minimum absolute atomic E-state index is 0.0524. The number of nitrogens with two attached hydrogens (primary N) is 1. The van der Waals surface area contributed by atoms with Crippen molar-refractivity contribution in [2.45, 2.75) is 13.5 Å². The zero-order valence-electron chi connectivity index (χ0n) is 10.5. The zero-order chi connectivity index (χ0) is 13.8. The van der Waals surface area contributed by atoms with E-state index in [-0.39, 0.29) is 18.2 Å². The summed E-state index contributed by atoms with van der Waals surface area (Å²) < 4.78 is 18.5. The number of anilines is 1. The number of rotatable bonds is 4. The van der Waals surface area contributed by atoms with E-state index in [0.717, 1.165) is 5.56 Å². The van der Waals surface area contributed by atoms with E-state index in [0.29, 0.717) is 17.0 Å². The highest BCUT2D eigenvalue weighted by molar-refractivity contribution is 5.95. The standard InChI is InChI=1S/C15H14FNO2/c1-10(18)12-5-6-15(14(17)8-12)19-9-11-3-2-4-13(16)7-11/h2-8H,9,17H2,1H3. The molecule has 0 spiro atoms. The van der Waals surface area contributed by atoms with E-state index < -0.39 is 0 Å². The number of carbonyl (C=O) groups excluding carboxylic acids is 1. The predicted octanol–water partition coefficient (Wildman–Crippen LogP) is 3.19. The van der Waals surface area contributed by atoms with E-state index in [1.807, 2.05) is 0 Å². The molecule has 98 valence electrons. The maximum atomic E-state index is 13.0. The van der Waals surface area contributed by atoms with Crippen LogP contribution in [-0.2, 0) is 6.61 Å². The van der Waals surface area contributed by atoms with Crippen LogP contribution >= 0.6 is 0 Å². The van der Waals surface area contributed by atoms with E-state index in [4.69, 9.17) is 10.5 Å². The number of ketones is 1. The fourth-order valence-electron chi connectivity index (χ4n) is 1.69. The molecule has 0 bridgehead atoms. The molecule has 2 rings (SSSR count). The topological polar surface area (TPSA) is 52.3 Å². The first-order valence-corrected chi connectivity index (χ1v) is 5.84. The molecule has 0 unspecified atom stereocenters. The van der Waals surface area contributed by atoms with Crippen LogP contribution in [0.5, 0.6) is 5.75 Å². The van der Waals surface area contributed by atoms with Crippen LogP contribution in [0.1, 0.15) is 22.8 Å². The molecule has 0 radical (unpaired) electrons. The van der Waals surface area contributed by atoms with Crippen molar-refractivity contribution in [3.05, 3.63) is 59.4 Å². The third-order valence-corrected chi connectivity index (χ3v) is 2.70. The van der Waals surface area contributed by atoms with E-state index in [1.54, 1.807) is 30.3 Å². The predicted molar refractivity (Wildman–Crippen MR) is 71.6 cm³/mol. The minimum atomic E-state index is -0.305. The van der Waals surface area contributed by atoms with Gasteiger partial charge in [0.05, 0.1) is 5.69 Å². The number of benzene rings is 2. The third-order valence-electron chi connectivity index (χ3n) is 2.70. The fraction of sp³-hybridized carbons (Fsp3) is 0.133. The van der Waals surface area contributed by atoms with Gasteiger partial charge in [0.15, 0.2) is 5.78 Å². The molecule has 3 nitrogen and oxygen atoms in total. The first-order valence-electron chi connectivity index (χ1n) is 5.84. The Hall–Kier alpha value is -2.36. The highest BCUT2D eigenvalue weighted by Gasteiger charge is 2.05. The van der Waals surface area contributed by atoms with Crippen molar-refractivity contribution < 1.29 is 13.9 Å². The molecule has 0 aliphatic carbocycles. The van der Waals surface area contributed by atoms with Crippen LogP contribution in [-0.4, -0.2) is 5.78 Å². The molecule has 0 aliphatic heterocycles. The molecule has 0 aromatic heterocycles. The Balaban J connectivity index is 2.10. The lowest BCUT2D eigenvalue weighted by molar-refractivity contribution is 0.101. The van der Waals surface area contributed by atoms with Gasteiger partial charge in [-0.25, -0.2) is 4.39 Å². The maximum absolute atomic E-state index is 13.0. The van der Waals surface area contributed by atoms with Gasteiger partial charge in [0.1, 0.15) is 18.2 Å². The Bertz CT molecular complexity index is 611. The summed E-state index contributed by atoms with van der Waals surface area (Å²) in [5.74, 6) is 0.124. The number of halogens is 1. The van der Waals surface area contributed by atoms with Gasteiger partial charge in [-0.1, -0.05) is 12.1 Å². The first-order chi connectivity index (χ1) is 9.06. The van der Waals surface area contributed by atoms with E-state index >= 15 is 0 Å². The molecule has 0 atom stereocenters. The second kappa shape index (κ2) is 5.52. The molecular weight excluding hydrogens is 245 g/mol. The van der Waals surface area contributed by atoms with Crippen LogP contribution in [0.2, 0.25) is 0 Å². The number of carbonyl (C=O) groups is 1. The number of ether oxygens (including phenoxy) is 1. The van der Waals surface area contributed by atoms with Gasteiger partial charge < -0.3 is 10.5 Å². The molecule has 0 heterocycles. The summed E-state index contributed by atoms with van der Waals surface area (Å²) in [6.07, 6.45) is 0. The summed E-state index contributed by atoms with van der Waals surface area (Å²) in [5.41, 5.74) is 7.45. The highest BCUT2D eigenvalue weighted by Crippen LogP contribution is 2.23. The third kappa shape index (κ3) is 3.31. The molecule has 2 aromatic carbocycles. The van der Waals surface area contributed by atoms with Crippen LogP contribution in [0.25, 0.3) is 0 Å². The molecule has 0 saturated carbocycles. The summed E-state index contributed by atoms with van der Waals surface area (Å²) in [6.45, 7) is 1.70. The van der Waals surface area contributed by atoms with E-state index in [2.05, 4.69) is 0 Å². The number of hydrogen-bond donors (Lipinski definition) is 1. The Morgan fingerprint density at radius 2 is 2.05 bits per heavy atom. The van der Waals surface area contributed by atoms with Gasteiger partial charge in [-0.15, -0.1) is 0 Å². The molecule has 0 fully saturated rings. The van der Waals surface area contributed by atoms with Gasteiger partial charge in [0, 0.05) is 5.56 Å². The van der Waals surface area contributed by atoms with Gasteiger partial charge in [-0.2, -0.15) is 0 Å². The molecule has 19 heavy (non-hydrogen) atoms. The van der Waals surface area contributed by atoms with Crippen molar-refractivity contribution in [1.29, 1.82) is 0 Å². The van der Waals surface area contributed by atoms with E-state index in [1.165, 1.54) is 19.1 Å². The van der Waals surface area contributed by atoms with Crippen molar-refractivity contribution in [2.24, 2.45) is 0 Å². The molecule has 0 aliphatic rings. The van der Waals surface area contributed by atoms with Crippen molar-refractivity contribution >= 4 is 11.5 Å². The van der Waals surface area contributed by atoms with Gasteiger partial charge in [-0.3, -0.25) is 4.79 Å². The van der Waals surface area contributed by atoms with E-state index in [9.17, 15) is 9.18 Å². The van der Waals surface area contributed by atoms with Crippen molar-refractivity contribution in [3.63, 3.8) is 0 Å². The van der Waals surface area contributed by atoms with Gasteiger partial charge in [0.2, 0.25) is 0 Å². The zero-order valence-corrected chi connectivity index (χ0v) is 10.5. The first kappa shape index (κ1) is 13.1. The van der Waals surface area contributed by atoms with Gasteiger partial charge in [-0.05, 0) is 42.8 Å². The summed E-state index contributed by atoms with van der Waals surface area (Å²) in [5, 5.41) is 0. The smallest absolute Gasteiger partial charge is 0.159 e. The SMILES string of the molecule is CC(=O)c1ccc(OCc2cccc(F)c2)c(N)c1. The summed E-state index contributed by atoms with van der Waals surface area (Å²) in [7, 11) is 0. The normalized spacial score (nSPS) is 10.2. The lowest BCUT2D eigenvalue weighted by atomic mass is 10.1. The minimum Gasteiger partial charge on any atom is -0.487 e. The van der Waals surface area contributed by atoms with Gasteiger partial charge >= 0.3 is 0 Å². The van der Waals surface area contributed by atoms with Crippen LogP contribution in [0, 0.1) is 5.82 Å². The lowest BCUT2D eigenvalue weighted by Crippen LogP contribution is -2.01. The number of Topliss-reactive ketones (excluding diaryl/α,β-unsaturated/α-hetero) is 1. The summed E-state index contributed by atoms with van der Waals surface area (Å²) >= 11 is 0. The maximum Gasteiger partial charge on any atom is 0.159 e.